The molecule has 0 fully saturated rings. The minimum absolute atomic E-state index is 0.0195. The number of ketones is 2. The van der Waals surface area contributed by atoms with Gasteiger partial charge in [-0.3, -0.25) is 19.6 Å². The third kappa shape index (κ3) is 2.48. The minimum Gasteiger partial charge on any atom is -0.294 e. The molecule has 0 aliphatic heterocycles. The Balaban J connectivity index is 2.31. The first kappa shape index (κ1) is 12.1. The number of nitrogens with zero attached hydrogens (tertiary/aromatic N) is 2. The van der Waals surface area contributed by atoms with E-state index in [2.05, 4.69) is 9.97 Å². The van der Waals surface area contributed by atoms with Crippen molar-refractivity contribution in [1.82, 2.24) is 9.97 Å². The van der Waals surface area contributed by atoms with Gasteiger partial charge in [0.1, 0.15) is 0 Å². The molecule has 0 atom stereocenters. The van der Waals surface area contributed by atoms with Gasteiger partial charge < -0.3 is 0 Å². The zero-order valence-electron chi connectivity index (χ0n) is 10.2. The molecule has 90 valence electrons. The molecule has 18 heavy (non-hydrogen) atoms. The fourth-order valence-corrected chi connectivity index (χ4v) is 1.51. The van der Waals surface area contributed by atoms with Crippen molar-refractivity contribution in [3.63, 3.8) is 0 Å². The van der Waals surface area contributed by atoms with E-state index in [-0.39, 0.29) is 11.6 Å². The Bertz CT molecular complexity index is 531. The second-order valence-corrected chi connectivity index (χ2v) is 3.98. The predicted molar refractivity (Wildman–Crippen MR) is 67.5 cm³/mol. The molecular weight excluding hydrogens is 228 g/mol. The van der Waals surface area contributed by atoms with Crippen LogP contribution < -0.4 is 0 Å². The van der Waals surface area contributed by atoms with Crippen LogP contribution in [0.15, 0.2) is 36.7 Å². The summed E-state index contributed by atoms with van der Waals surface area (Å²) in [6.07, 6.45) is 3.05. The SMILES string of the molecule is CC(=O)c1ccc(-c2ccc(C(C)=O)cn2)nc1. The van der Waals surface area contributed by atoms with Crippen LogP contribution in [0.1, 0.15) is 34.6 Å². The fraction of sp³-hybridized carbons (Fsp3) is 0.143. The van der Waals surface area contributed by atoms with Crippen LogP contribution >= 0.6 is 0 Å². The molecule has 0 amide bonds. The lowest BCUT2D eigenvalue weighted by Crippen LogP contribution is -1.96. The standard InChI is InChI=1S/C14H12N2O2/c1-9(17)11-3-5-13(15-7-11)14-6-4-12(8-16-14)10(2)18/h3-8H,1-2H3. The Morgan fingerprint density at radius 2 is 1.17 bits per heavy atom. The highest BCUT2D eigenvalue weighted by Crippen LogP contribution is 2.15. The Morgan fingerprint density at radius 3 is 1.39 bits per heavy atom. The lowest BCUT2D eigenvalue weighted by Gasteiger charge is -2.01. The summed E-state index contributed by atoms with van der Waals surface area (Å²) in [7, 11) is 0. The third-order valence-corrected chi connectivity index (χ3v) is 2.60. The van der Waals surface area contributed by atoms with Gasteiger partial charge >= 0.3 is 0 Å². The maximum Gasteiger partial charge on any atom is 0.161 e. The minimum atomic E-state index is -0.0195. The lowest BCUT2D eigenvalue weighted by atomic mass is 10.1. The van der Waals surface area contributed by atoms with E-state index >= 15 is 0 Å². The van der Waals surface area contributed by atoms with Crippen molar-refractivity contribution in [2.75, 3.05) is 0 Å². The monoisotopic (exact) mass is 240 g/mol. The van der Waals surface area contributed by atoms with Crippen LogP contribution in [0.3, 0.4) is 0 Å². The molecule has 0 saturated heterocycles. The fourth-order valence-electron chi connectivity index (χ4n) is 1.51. The van der Waals surface area contributed by atoms with E-state index in [1.54, 1.807) is 24.3 Å². The first-order chi connectivity index (χ1) is 8.58. The smallest absolute Gasteiger partial charge is 0.161 e. The summed E-state index contributed by atoms with van der Waals surface area (Å²) in [6.45, 7) is 2.99. The highest BCUT2D eigenvalue weighted by molar-refractivity contribution is 5.94. The average molecular weight is 240 g/mol. The van der Waals surface area contributed by atoms with Gasteiger partial charge in [0.05, 0.1) is 11.4 Å². The molecule has 0 bridgehead atoms. The van der Waals surface area contributed by atoms with E-state index in [9.17, 15) is 9.59 Å². The van der Waals surface area contributed by atoms with Crippen LogP contribution in [0.4, 0.5) is 0 Å². The van der Waals surface area contributed by atoms with Crippen molar-refractivity contribution >= 4 is 11.6 Å². The summed E-state index contributed by atoms with van der Waals surface area (Å²) >= 11 is 0. The lowest BCUT2D eigenvalue weighted by molar-refractivity contribution is 0.100. The third-order valence-electron chi connectivity index (χ3n) is 2.60. The highest BCUT2D eigenvalue weighted by atomic mass is 16.1. The molecule has 0 aliphatic carbocycles. The number of aromatic nitrogens is 2. The molecule has 0 aliphatic rings. The quantitative estimate of drug-likeness (QED) is 0.773. The van der Waals surface area contributed by atoms with Crippen molar-refractivity contribution in [3.8, 4) is 11.4 Å². The molecule has 0 radical (unpaired) electrons. The Kier molecular flexibility index (Phi) is 3.28. The van der Waals surface area contributed by atoms with Crippen LogP contribution in [-0.2, 0) is 0 Å². The maximum atomic E-state index is 11.1. The van der Waals surface area contributed by atoms with E-state index in [0.29, 0.717) is 22.5 Å². The normalized spacial score (nSPS) is 10.1. The van der Waals surface area contributed by atoms with Crippen molar-refractivity contribution in [2.45, 2.75) is 13.8 Å². The van der Waals surface area contributed by atoms with Crippen LogP contribution in [0.25, 0.3) is 11.4 Å². The number of hydrogen-bond donors (Lipinski definition) is 0. The number of Topliss-reactive ketones (excluding diaryl/α,β-unsaturated/α-hetero) is 2. The van der Waals surface area contributed by atoms with E-state index in [1.807, 2.05) is 0 Å². The summed E-state index contributed by atoms with van der Waals surface area (Å²) in [5.41, 5.74) is 2.49. The van der Waals surface area contributed by atoms with Crippen LogP contribution in [0, 0.1) is 0 Å². The summed E-state index contributed by atoms with van der Waals surface area (Å²) in [6, 6.07) is 6.91. The van der Waals surface area contributed by atoms with E-state index in [1.165, 1.54) is 26.2 Å². The maximum absolute atomic E-state index is 11.1. The Hall–Kier alpha value is -2.36. The van der Waals surface area contributed by atoms with Gasteiger partial charge in [-0.05, 0) is 38.1 Å². The largest absolute Gasteiger partial charge is 0.294 e. The van der Waals surface area contributed by atoms with Crippen LogP contribution in [0.5, 0.6) is 0 Å². The number of rotatable bonds is 3. The van der Waals surface area contributed by atoms with Crippen molar-refractivity contribution in [2.24, 2.45) is 0 Å². The number of hydrogen-bond acceptors (Lipinski definition) is 4. The molecule has 0 N–H and O–H groups in total. The molecule has 2 aromatic rings. The van der Waals surface area contributed by atoms with Crippen molar-refractivity contribution in [1.29, 1.82) is 0 Å². The molecule has 0 unspecified atom stereocenters. The van der Waals surface area contributed by atoms with E-state index in [4.69, 9.17) is 0 Å². The molecule has 0 saturated carbocycles. The second kappa shape index (κ2) is 4.87. The van der Waals surface area contributed by atoms with Gasteiger partial charge in [0.2, 0.25) is 0 Å². The van der Waals surface area contributed by atoms with E-state index in [0.717, 1.165) is 0 Å². The molecule has 0 spiro atoms. The van der Waals surface area contributed by atoms with Crippen molar-refractivity contribution < 1.29 is 9.59 Å². The number of carbonyl (C=O) groups excluding carboxylic acids is 2. The van der Waals surface area contributed by atoms with Gasteiger partial charge in [0, 0.05) is 23.5 Å². The first-order valence-electron chi connectivity index (χ1n) is 5.52. The molecule has 2 aromatic heterocycles. The zero-order chi connectivity index (χ0) is 13.1. The molecule has 4 heteroatoms. The predicted octanol–water partition coefficient (Wildman–Crippen LogP) is 2.55. The summed E-state index contributed by atoms with van der Waals surface area (Å²) in [4.78, 5) is 30.6. The van der Waals surface area contributed by atoms with Crippen LogP contribution in [0.2, 0.25) is 0 Å². The Morgan fingerprint density at radius 1 is 0.778 bits per heavy atom. The number of carbonyl (C=O) groups is 2. The zero-order valence-corrected chi connectivity index (χ0v) is 10.2. The molecular formula is C14H12N2O2. The number of pyridine rings is 2. The summed E-state index contributed by atoms with van der Waals surface area (Å²) < 4.78 is 0. The molecule has 0 aromatic carbocycles. The second-order valence-electron chi connectivity index (χ2n) is 3.98. The van der Waals surface area contributed by atoms with Gasteiger partial charge in [-0.25, -0.2) is 0 Å². The summed E-state index contributed by atoms with van der Waals surface area (Å²) in [5, 5.41) is 0. The molecule has 4 nitrogen and oxygen atoms in total. The average Bonchev–Trinajstić information content (AvgIpc) is 2.39. The summed E-state index contributed by atoms with van der Waals surface area (Å²) in [5.74, 6) is -0.0390. The van der Waals surface area contributed by atoms with Gasteiger partial charge in [-0.2, -0.15) is 0 Å². The van der Waals surface area contributed by atoms with Gasteiger partial charge in [-0.1, -0.05) is 0 Å². The topological polar surface area (TPSA) is 59.9 Å². The van der Waals surface area contributed by atoms with Gasteiger partial charge in [0.15, 0.2) is 11.6 Å². The van der Waals surface area contributed by atoms with Crippen molar-refractivity contribution in [3.05, 3.63) is 47.8 Å². The molecule has 2 rings (SSSR count). The van der Waals surface area contributed by atoms with Crippen LogP contribution in [-0.4, -0.2) is 21.5 Å². The van der Waals surface area contributed by atoms with Gasteiger partial charge in [-0.15, -0.1) is 0 Å². The van der Waals surface area contributed by atoms with Gasteiger partial charge in [0.25, 0.3) is 0 Å². The molecule has 2 heterocycles. The highest BCUT2D eigenvalue weighted by Gasteiger charge is 2.05. The Labute approximate surface area is 105 Å². The van der Waals surface area contributed by atoms with E-state index < -0.39 is 0 Å². The first-order valence-corrected chi connectivity index (χ1v) is 5.52.